The molecule has 2 fully saturated rings. The molecule has 0 saturated carbocycles. The number of rotatable bonds is 7. The Bertz CT molecular complexity index is 1000. The van der Waals surface area contributed by atoms with E-state index >= 15 is 0 Å². The second kappa shape index (κ2) is 13.5. The van der Waals surface area contributed by atoms with E-state index in [2.05, 4.69) is 4.90 Å². The van der Waals surface area contributed by atoms with E-state index in [4.69, 9.17) is 0 Å². The van der Waals surface area contributed by atoms with Crippen LogP contribution in [0.2, 0.25) is 0 Å². The van der Waals surface area contributed by atoms with Gasteiger partial charge in [-0.2, -0.15) is 0 Å². The van der Waals surface area contributed by atoms with E-state index < -0.39 is 4.92 Å². The molecule has 2 aliphatic heterocycles. The number of hydrogen-bond acceptors (Lipinski definition) is 6. The number of hydrogen-bond donors (Lipinski definition) is 0. The summed E-state index contributed by atoms with van der Waals surface area (Å²) in [6.45, 7) is 4.99. The second-order valence-corrected chi connectivity index (χ2v) is 9.12. The summed E-state index contributed by atoms with van der Waals surface area (Å²) in [6, 6.07) is 13.3. The fourth-order valence-electron chi connectivity index (χ4n) is 4.51. The van der Waals surface area contributed by atoms with Gasteiger partial charge in [-0.1, -0.05) is 30.7 Å². The number of nitro groups is 2. The van der Waals surface area contributed by atoms with Crippen LogP contribution in [0.25, 0.3) is 0 Å². The lowest BCUT2D eigenvalue weighted by molar-refractivity contribution is -0.385. The van der Waals surface area contributed by atoms with E-state index in [0.717, 1.165) is 44.5 Å². The highest BCUT2D eigenvalue weighted by molar-refractivity contribution is 5.79. The molecule has 0 spiro atoms. The summed E-state index contributed by atoms with van der Waals surface area (Å²) in [5.41, 5.74) is 2.00. The minimum absolute atomic E-state index is 0.0407. The van der Waals surface area contributed by atoms with E-state index in [1.165, 1.54) is 50.9 Å². The van der Waals surface area contributed by atoms with Crippen molar-refractivity contribution in [3.63, 3.8) is 0 Å². The number of likely N-dealkylation sites (tertiary alicyclic amines) is 2. The van der Waals surface area contributed by atoms with E-state index in [1.54, 1.807) is 30.3 Å². The van der Waals surface area contributed by atoms with E-state index in [-0.39, 0.29) is 28.6 Å². The molecule has 0 aromatic heterocycles. The fourth-order valence-corrected chi connectivity index (χ4v) is 4.51. The molecule has 0 unspecified atom stereocenters. The van der Waals surface area contributed by atoms with Crippen molar-refractivity contribution in [3.8, 4) is 0 Å². The van der Waals surface area contributed by atoms with Crippen molar-refractivity contribution in [2.45, 2.75) is 51.4 Å². The molecular weight excluding hydrogens is 448 g/mol. The molecule has 1 amide bonds. The smallest absolute Gasteiger partial charge is 0.269 e. The minimum Gasteiger partial charge on any atom is -0.342 e. The Kier molecular flexibility index (Phi) is 10.2. The molecule has 9 nitrogen and oxygen atoms in total. The van der Waals surface area contributed by atoms with Gasteiger partial charge in [0.2, 0.25) is 5.91 Å². The Morgan fingerprint density at radius 2 is 1.26 bits per heavy atom. The highest BCUT2D eigenvalue weighted by atomic mass is 16.6. The third-order valence-electron chi connectivity index (χ3n) is 6.47. The lowest BCUT2D eigenvalue weighted by Crippen LogP contribution is -2.36. The monoisotopic (exact) mass is 482 g/mol. The molecule has 188 valence electrons. The van der Waals surface area contributed by atoms with Gasteiger partial charge >= 0.3 is 0 Å². The summed E-state index contributed by atoms with van der Waals surface area (Å²) in [6.07, 6.45) is 8.36. The van der Waals surface area contributed by atoms with Crippen LogP contribution in [-0.4, -0.2) is 58.3 Å². The first-order valence-electron chi connectivity index (χ1n) is 12.4. The number of amides is 1. The third kappa shape index (κ3) is 8.75. The predicted octanol–water partition coefficient (Wildman–Crippen LogP) is 4.77. The van der Waals surface area contributed by atoms with Crippen molar-refractivity contribution in [3.05, 3.63) is 79.9 Å². The summed E-state index contributed by atoms with van der Waals surface area (Å²) in [4.78, 5) is 36.8. The van der Waals surface area contributed by atoms with Gasteiger partial charge in [0.25, 0.3) is 11.4 Å². The predicted molar refractivity (Wildman–Crippen MR) is 134 cm³/mol. The molecule has 4 rings (SSSR count). The Labute approximate surface area is 206 Å². The molecule has 9 heteroatoms. The number of nitro benzene ring substituents is 2. The van der Waals surface area contributed by atoms with Crippen LogP contribution in [0.1, 0.15) is 49.7 Å². The van der Waals surface area contributed by atoms with Gasteiger partial charge < -0.3 is 9.80 Å². The van der Waals surface area contributed by atoms with Crippen LogP contribution in [0.4, 0.5) is 11.4 Å². The molecule has 2 saturated heterocycles. The first-order valence-corrected chi connectivity index (χ1v) is 12.4. The lowest BCUT2D eigenvalue weighted by atomic mass is 10.1. The molecule has 0 radical (unpaired) electrons. The zero-order valence-corrected chi connectivity index (χ0v) is 20.1. The second-order valence-electron chi connectivity index (χ2n) is 9.12. The van der Waals surface area contributed by atoms with Crippen LogP contribution in [0.5, 0.6) is 0 Å². The van der Waals surface area contributed by atoms with Gasteiger partial charge in [0.15, 0.2) is 0 Å². The zero-order valence-electron chi connectivity index (χ0n) is 20.1. The standard InChI is InChI=1S/C13H16N2O3.C13H18N2O2/c16-13(14-7-2-1-3-8-14)10-11-5-4-6-12(9-11)15(17)18;16-15(17)13-6-4-5-12(11-13)7-10-14-8-2-1-3-9-14/h4-6,9H,1-3,7-8,10H2;4-6,11H,1-3,7-10H2. The van der Waals surface area contributed by atoms with Crippen LogP contribution in [0.3, 0.4) is 0 Å². The van der Waals surface area contributed by atoms with Gasteiger partial charge in [-0.05, 0) is 62.7 Å². The Balaban J connectivity index is 0.000000196. The van der Waals surface area contributed by atoms with Crippen molar-refractivity contribution >= 4 is 17.3 Å². The largest absolute Gasteiger partial charge is 0.342 e. The van der Waals surface area contributed by atoms with E-state index in [1.807, 2.05) is 11.0 Å². The SMILES string of the molecule is O=C(Cc1cccc([N+](=O)[O-])c1)N1CCCCC1.O=[N+]([O-])c1cccc(CCN2CCCCC2)c1. The van der Waals surface area contributed by atoms with Gasteiger partial charge in [-0.25, -0.2) is 0 Å². The van der Waals surface area contributed by atoms with Crippen molar-refractivity contribution < 1.29 is 14.6 Å². The average Bonchev–Trinajstić information content (AvgIpc) is 2.89. The van der Waals surface area contributed by atoms with Gasteiger partial charge in [0, 0.05) is 43.9 Å². The topological polar surface area (TPSA) is 110 Å². The summed E-state index contributed by atoms with van der Waals surface area (Å²) in [5, 5.41) is 21.3. The highest BCUT2D eigenvalue weighted by Crippen LogP contribution is 2.17. The van der Waals surface area contributed by atoms with Crippen LogP contribution in [-0.2, 0) is 17.6 Å². The van der Waals surface area contributed by atoms with Crippen LogP contribution < -0.4 is 0 Å². The van der Waals surface area contributed by atoms with Gasteiger partial charge in [-0.15, -0.1) is 0 Å². The molecule has 2 heterocycles. The molecule has 2 aromatic rings. The average molecular weight is 483 g/mol. The minimum atomic E-state index is -0.436. The lowest BCUT2D eigenvalue weighted by Gasteiger charge is -2.26. The molecule has 0 N–H and O–H groups in total. The molecule has 2 aromatic carbocycles. The highest BCUT2D eigenvalue weighted by Gasteiger charge is 2.17. The Hall–Kier alpha value is -3.33. The molecule has 2 aliphatic rings. The Morgan fingerprint density at radius 3 is 1.83 bits per heavy atom. The van der Waals surface area contributed by atoms with Crippen molar-refractivity contribution in [2.75, 3.05) is 32.7 Å². The van der Waals surface area contributed by atoms with Crippen LogP contribution in [0.15, 0.2) is 48.5 Å². The van der Waals surface area contributed by atoms with Gasteiger partial charge in [0.1, 0.15) is 0 Å². The van der Waals surface area contributed by atoms with Crippen molar-refractivity contribution in [1.29, 1.82) is 0 Å². The van der Waals surface area contributed by atoms with Crippen molar-refractivity contribution in [2.24, 2.45) is 0 Å². The maximum Gasteiger partial charge on any atom is 0.269 e. The fraction of sp³-hybridized carbons (Fsp3) is 0.500. The number of carbonyl (C=O) groups excluding carboxylic acids is 1. The summed E-state index contributed by atoms with van der Waals surface area (Å²) >= 11 is 0. The van der Waals surface area contributed by atoms with Gasteiger partial charge in [-0.3, -0.25) is 25.0 Å². The quantitative estimate of drug-likeness (QED) is 0.415. The zero-order chi connectivity index (χ0) is 25.0. The third-order valence-corrected chi connectivity index (χ3v) is 6.47. The summed E-state index contributed by atoms with van der Waals surface area (Å²) in [7, 11) is 0. The normalized spacial score (nSPS) is 16.2. The number of non-ortho nitro benzene ring substituents is 2. The number of nitrogens with zero attached hydrogens (tertiary/aromatic N) is 4. The molecular formula is C26H34N4O5. The van der Waals surface area contributed by atoms with Crippen molar-refractivity contribution in [1.82, 2.24) is 9.80 Å². The Morgan fingerprint density at radius 1 is 0.743 bits per heavy atom. The first kappa shape index (κ1) is 26.3. The summed E-state index contributed by atoms with van der Waals surface area (Å²) in [5.74, 6) is 0.0650. The first-order chi connectivity index (χ1) is 16.9. The molecule has 0 aliphatic carbocycles. The molecule has 35 heavy (non-hydrogen) atoms. The van der Waals surface area contributed by atoms with Gasteiger partial charge in [0.05, 0.1) is 16.3 Å². The molecule has 0 atom stereocenters. The number of benzene rings is 2. The number of carbonyl (C=O) groups is 1. The van der Waals surface area contributed by atoms with E-state index in [0.29, 0.717) is 5.56 Å². The molecule has 0 bridgehead atoms. The maximum atomic E-state index is 12.0. The number of piperidine rings is 2. The summed E-state index contributed by atoms with van der Waals surface area (Å²) < 4.78 is 0. The maximum absolute atomic E-state index is 12.0. The van der Waals surface area contributed by atoms with Crippen LogP contribution >= 0.6 is 0 Å². The van der Waals surface area contributed by atoms with Crippen LogP contribution in [0, 0.1) is 20.2 Å². The van der Waals surface area contributed by atoms with E-state index in [9.17, 15) is 25.0 Å².